The fraction of sp³-hybridized carbons (Fsp3) is 0. The van der Waals surface area contributed by atoms with Gasteiger partial charge in [-0.05, 0) is 48.5 Å². The maximum absolute atomic E-state index is 5.78. The van der Waals surface area contributed by atoms with Gasteiger partial charge in [-0.3, -0.25) is 0 Å². The van der Waals surface area contributed by atoms with Crippen molar-refractivity contribution in [2.75, 3.05) is 5.32 Å². The molecular weight excluding hydrogens is 398 g/mol. The third-order valence-electron chi connectivity index (χ3n) is 2.42. The summed E-state index contributed by atoms with van der Waals surface area (Å²) < 4.78 is 1.96. The number of hydrogen-bond donors (Lipinski definition) is 3. The average Bonchev–Trinajstić information content (AvgIpc) is 2.44. The summed E-state index contributed by atoms with van der Waals surface area (Å²) in [5.41, 5.74) is 13.0. The lowest BCUT2D eigenvalue weighted by Crippen LogP contribution is -2.25. The molecule has 21 heavy (non-hydrogen) atoms. The number of benzene rings is 2. The monoisotopic (exact) mass is 409 g/mol. The summed E-state index contributed by atoms with van der Waals surface area (Å²) in [6.07, 6.45) is 0. The van der Waals surface area contributed by atoms with Crippen LogP contribution in [-0.4, -0.2) is 11.9 Å². The van der Waals surface area contributed by atoms with Gasteiger partial charge in [0.25, 0.3) is 0 Å². The number of nitrogens with one attached hydrogen (secondary N) is 1. The van der Waals surface area contributed by atoms with Crippen molar-refractivity contribution < 1.29 is 0 Å². The van der Waals surface area contributed by atoms with Crippen molar-refractivity contribution in [3.8, 4) is 0 Å². The Labute approximate surface area is 139 Å². The van der Waals surface area contributed by atoms with Gasteiger partial charge < -0.3 is 16.8 Å². The number of anilines is 1. The number of rotatable bonds is 2. The highest BCUT2D eigenvalue weighted by atomic mass is 79.9. The van der Waals surface area contributed by atoms with Crippen LogP contribution < -0.4 is 16.8 Å². The van der Waals surface area contributed by atoms with E-state index in [1.165, 1.54) is 0 Å². The Hall–Kier alpha value is -1.86. The molecule has 0 fully saturated rings. The number of halogens is 2. The first-order valence-corrected chi connectivity index (χ1v) is 7.58. The summed E-state index contributed by atoms with van der Waals surface area (Å²) in [4.78, 5) is 8.15. The zero-order valence-electron chi connectivity index (χ0n) is 10.9. The summed E-state index contributed by atoms with van der Waals surface area (Å²) in [6.45, 7) is 0. The average molecular weight is 411 g/mol. The standard InChI is InChI=1S/C14H13Br2N5/c15-9-1-5-11(6-2-9)19-13(17)21-14(18)20-12-7-3-10(16)4-8-12/h1-8H,(H5,17,18,19,20,21). The molecular formula is C14H13Br2N5. The second-order valence-electron chi connectivity index (χ2n) is 4.08. The molecule has 0 unspecified atom stereocenters. The highest BCUT2D eigenvalue weighted by molar-refractivity contribution is 9.10. The van der Waals surface area contributed by atoms with E-state index in [9.17, 15) is 0 Å². The summed E-state index contributed by atoms with van der Waals surface area (Å²) in [5.74, 6) is 0.259. The van der Waals surface area contributed by atoms with Crippen LogP contribution in [0, 0.1) is 0 Å². The third-order valence-corrected chi connectivity index (χ3v) is 3.48. The molecule has 108 valence electrons. The van der Waals surface area contributed by atoms with E-state index in [0.29, 0.717) is 5.69 Å². The molecule has 0 saturated heterocycles. The molecule has 0 bridgehead atoms. The molecule has 2 rings (SSSR count). The molecule has 7 heteroatoms. The van der Waals surface area contributed by atoms with Crippen molar-refractivity contribution in [2.45, 2.75) is 0 Å². The van der Waals surface area contributed by atoms with E-state index in [-0.39, 0.29) is 11.9 Å². The van der Waals surface area contributed by atoms with Crippen molar-refractivity contribution in [1.82, 2.24) is 0 Å². The molecule has 2 aromatic rings. The van der Waals surface area contributed by atoms with Crippen LogP contribution in [0.15, 0.2) is 67.5 Å². The van der Waals surface area contributed by atoms with Gasteiger partial charge >= 0.3 is 0 Å². The van der Waals surface area contributed by atoms with Gasteiger partial charge in [0.2, 0.25) is 11.9 Å². The molecule has 0 spiro atoms. The maximum Gasteiger partial charge on any atom is 0.223 e. The van der Waals surface area contributed by atoms with Crippen LogP contribution in [0.4, 0.5) is 11.4 Å². The lowest BCUT2D eigenvalue weighted by Gasteiger charge is -2.05. The van der Waals surface area contributed by atoms with Gasteiger partial charge in [0.05, 0.1) is 5.69 Å². The van der Waals surface area contributed by atoms with E-state index in [1.807, 2.05) is 48.5 Å². The minimum atomic E-state index is 0.0828. The molecule has 5 nitrogen and oxygen atoms in total. The topological polar surface area (TPSA) is 88.8 Å². The van der Waals surface area contributed by atoms with E-state index >= 15 is 0 Å². The summed E-state index contributed by atoms with van der Waals surface area (Å²) in [5, 5.41) is 2.93. The van der Waals surface area contributed by atoms with Gasteiger partial charge in [-0.25, -0.2) is 4.99 Å². The molecule has 5 N–H and O–H groups in total. The van der Waals surface area contributed by atoms with Gasteiger partial charge in [0.15, 0.2) is 0 Å². The van der Waals surface area contributed by atoms with Crippen molar-refractivity contribution >= 4 is 55.2 Å². The van der Waals surface area contributed by atoms with Crippen LogP contribution in [0.25, 0.3) is 0 Å². The lowest BCUT2D eigenvalue weighted by molar-refractivity contribution is 1.39. The Morgan fingerprint density at radius 1 is 0.857 bits per heavy atom. The zero-order valence-corrected chi connectivity index (χ0v) is 14.1. The quantitative estimate of drug-likeness (QED) is 0.522. The first-order chi connectivity index (χ1) is 10.0. The highest BCUT2D eigenvalue weighted by Gasteiger charge is 1.97. The Morgan fingerprint density at radius 3 is 1.95 bits per heavy atom. The minimum Gasteiger partial charge on any atom is -0.369 e. The Bertz CT molecular complexity index is 663. The Balaban J connectivity index is 2.06. The van der Waals surface area contributed by atoms with E-state index < -0.39 is 0 Å². The van der Waals surface area contributed by atoms with Gasteiger partial charge in [0, 0.05) is 14.6 Å². The van der Waals surface area contributed by atoms with Gasteiger partial charge in [-0.2, -0.15) is 4.99 Å². The van der Waals surface area contributed by atoms with E-state index in [4.69, 9.17) is 11.5 Å². The molecule has 0 aliphatic heterocycles. The number of aliphatic imine (C=N–C) groups is 2. The molecule has 0 atom stereocenters. The largest absolute Gasteiger partial charge is 0.369 e. The molecule has 0 aromatic heterocycles. The van der Waals surface area contributed by atoms with Crippen LogP contribution in [0.3, 0.4) is 0 Å². The molecule has 0 heterocycles. The van der Waals surface area contributed by atoms with Gasteiger partial charge in [0.1, 0.15) is 0 Å². The zero-order chi connectivity index (χ0) is 15.2. The SMILES string of the molecule is NC(=Nc1ccc(Br)cc1)N=C(N)Nc1ccc(Br)cc1. The number of nitrogens with two attached hydrogens (primary N) is 2. The fourth-order valence-electron chi connectivity index (χ4n) is 1.51. The lowest BCUT2D eigenvalue weighted by atomic mass is 10.3. The first kappa shape index (κ1) is 15.5. The summed E-state index contributed by atoms with van der Waals surface area (Å²) in [6, 6.07) is 14.9. The second kappa shape index (κ2) is 7.24. The first-order valence-electron chi connectivity index (χ1n) is 5.99. The second-order valence-corrected chi connectivity index (χ2v) is 5.91. The predicted molar refractivity (Wildman–Crippen MR) is 94.8 cm³/mol. The van der Waals surface area contributed by atoms with Crippen LogP contribution in [0.5, 0.6) is 0 Å². The number of nitrogens with zero attached hydrogens (tertiary/aromatic N) is 2. The van der Waals surface area contributed by atoms with Crippen molar-refractivity contribution in [3.63, 3.8) is 0 Å². The molecule has 0 amide bonds. The van der Waals surface area contributed by atoms with Gasteiger partial charge in [-0.15, -0.1) is 0 Å². The molecule has 0 aliphatic rings. The van der Waals surface area contributed by atoms with Crippen molar-refractivity contribution in [3.05, 3.63) is 57.5 Å². The minimum absolute atomic E-state index is 0.0828. The molecule has 0 aliphatic carbocycles. The van der Waals surface area contributed by atoms with Crippen LogP contribution in [0.1, 0.15) is 0 Å². The predicted octanol–water partition coefficient (Wildman–Crippen LogP) is 3.58. The normalized spacial score (nSPS) is 12.3. The van der Waals surface area contributed by atoms with Crippen molar-refractivity contribution in [1.29, 1.82) is 0 Å². The molecule has 2 aromatic carbocycles. The van der Waals surface area contributed by atoms with Crippen molar-refractivity contribution in [2.24, 2.45) is 21.5 Å². The number of guanidine groups is 2. The van der Waals surface area contributed by atoms with E-state index in [0.717, 1.165) is 14.6 Å². The molecule has 0 saturated carbocycles. The summed E-state index contributed by atoms with van der Waals surface area (Å²) in [7, 11) is 0. The van der Waals surface area contributed by atoms with Crippen LogP contribution >= 0.6 is 31.9 Å². The van der Waals surface area contributed by atoms with Crippen LogP contribution in [0.2, 0.25) is 0 Å². The summed E-state index contributed by atoms with van der Waals surface area (Å²) >= 11 is 6.72. The number of hydrogen-bond acceptors (Lipinski definition) is 1. The Kier molecular flexibility index (Phi) is 5.35. The molecule has 0 radical (unpaired) electrons. The van der Waals surface area contributed by atoms with Gasteiger partial charge in [-0.1, -0.05) is 31.9 Å². The van der Waals surface area contributed by atoms with E-state index in [2.05, 4.69) is 47.2 Å². The smallest absolute Gasteiger partial charge is 0.223 e. The van der Waals surface area contributed by atoms with Crippen LogP contribution in [-0.2, 0) is 0 Å². The highest BCUT2D eigenvalue weighted by Crippen LogP contribution is 2.17. The fourth-order valence-corrected chi connectivity index (χ4v) is 2.03. The third kappa shape index (κ3) is 5.20. The maximum atomic E-state index is 5.78. The van der Waals surface area contributed by atoms with E-state index in [1.54, 1.807) is 0 Å². The Morgan fingerprint density at radius 2 is 1.38 bits per heavy atom.